The molecule has 2 rings (SSSR count). The Morgan fingerprint density at radius 1 is 1.40 bits per heavy atom. The normalized spacial score (nSPS) is 22.7. The highest BCUT2D eigenvalue weighted by atomic mass is 16.3. The van der Waals surface area contributed by atoms with Crippen molar-refractivity contribution in [1.29, 1.82) is 0 Å². The van der Waals surface area contributed by atoms with Crippen molar-refractivity contribution in [3.05, 3.63) is 35.4 Å². The summed E-state index contributed by atoms with van der Waals surface area (Å²) in [6.07, 6.45) is -0.448. The zero-order valence-electron chi connectivity index (χ0n) is 5.54. The molecule has 10 heavy (non-hydrogen) atoms. The van der Waals surface area contributed by atoms with Gasteiger partial charge in [0.1, 0.15) is 6.23 Å². The first-order valence-corrected chi connectivity index (χ1v) is 3.37. The summed E-state index contributed by atoms with van der Waals surface area (Å²) in [5.74, 6) is 0. The van der Waals surface area contributed by atoms with Crippen LogP contribution in [0.1, 0.15) is 17.4 Å². The summed E-state index contributed by atoms with van der Waals surface area (Å²) in [7, 11) is 0. The van der Waals surface area contributed by atoms with E-state index in [4.69, 9.17) is 0 Å². The Labute approximate surface area is 59.5 Å². The number of fused-ring (bicyclic) bond motifs is 1. The van der Waals surface area contributed by atoms with Gasteiger partial charge < -0.3 is 5.11 Å². The van der Waals surface area contributed by atoms with E-state index in [9.17, 15) is 5.11 Å². The molecule has 0 aliphatic carbocycles. The van der Waals surface area contributed by atoms with Gasteiger partial charge >= 0.3 is 0 Å². The summed E-state index contributed by atoms with van der Waals surface area (Å²) in [6, 6.07) is 7.90. The first-order valence-electron chi connectivity index (χ1n) is 3.37. The summed E-state index contributed by atoms with van der Waals surface area (Å²) in [6.45, 7) is 0.789. The van der Waals surface area contributed by atoms with Crippen molar-refractivity contribution in [2.24, 2.45) is 0 Å². The van der Waals surface area contributed by atoms with Gasteiger partial charge in [0.05, 0.1) is 0 Å². The predicted octanol–water partition coefficient (Wildman–Crippen LogP) is 0.781. The average molecular weight is 135 g/mol. The van der Waals surface area contributed by atoms with Crippen LogP contribution in [0.5, 0.6) is 0 Å². The molecule has 0 aromatic heterocycles. The second-order valence-corrected chi connectivity index (χ2v) is 2.48. The van der Waals surface area contributed by atoms with Crippen LogP contribution >= 0.6 is 0 Å². The van der Waals surface area contributed by atoms with Gasteiger partial charge in [0, 0.05) is 6.54 Å². The number of benzene rings is 1. The van der Waals surface area contributed by atoms with E-state index in [1.165, 1.54) is 5.56 Å². The number of rotatable bonds is 0. The van der Waals surface area contributed by atoms with Crippen LogP contribution in [0, 0.1) is 0 Å². The molecule has 0 bridgehead atoms. The van der Waals surface area contributed by atoms with Crippen molar-refractivity contribution in [2.75, 3.05) is 0 Å². The molecule has 0 fully saturated rings. The third-order valence-corrected chi connectivity index (χ3v) is 1.84. The highest BCUT2D eigenvalue weighted by molar-refractivity contribution is 5.31. The number of nitrogens with one attached hydrogen (secondary N) is 1. The summed E-state index contributed by atoms with van der Waals surface area (Å²) in [5, 5.41) is 12.2. The molecule has 52 valence electrons. The van der Waals surface area contributed by atoms with E-state index in [0.29, 0.717) is 0 Å². The van der Waals surface area contributed by atoms with E-state index in [1.807, 2.05) is 24.3 Å². The highest BCUT2D eigenvalue weighted by Crippen LogP contribution is 2.21. The zero-order chi connectivity index (χ0) is 6.97. The van der Waals surface area contributed by atoms with Crippen LogP contribution in [0.25, 0.3) is 0 Å². The van der Waals surface area contributed by atoms with Gasteiger partial charge in [-0.1, -0.05) is 24.3 Å². The molecule has 0 unspecified atom stereocenters. The number of aliphatic hydroxyl groups is 1. The van der Waals surface area contributed by atoms with E-state index in [-0.39, 0.29) is 0 Å². The molecule has 2 nitrogen and oxygen atoms in total. The molecular formula is C8H9NO. The Balaban J connectivity index is 2.51. The van der Waals surface area contributed by atoms with Crippen molar-refractivity contribution in [3.8, 4) is 0 Å². The Bertz CT molecular complexity index is 247. The van der Waals surface area contributed by atoms with E-state index in [2.05, 4.69) is 5.32 Å². The first-order chi connectivity index (χ1) is 4.88. The molecule has 1 aliphatic rings. The molecule has 1 heterocycles. The van der Waals surface area contributed by atoms with Gasteiger partial charge in [-0.15, -0.1) is 0 Å². The Morgan fingerprint density at radius 2 is 2.20 bits per heavy atom. The smallest absolute Gasteiger partial charge is 0.131 e. The van der Waals surface area contributed by atoms with E-state index in [0.717, 1.165) is 12.1 Å². The lowest BCUT2D eigenvalue weighted by Gasteiger charge is -2.00. The van der Waals surface area contributed by atoms with Crippen molar-refractivity contribution in [2.45, 2.75) is 12.8 Å². The lowest BCUT2D eigenvalue weighted by molar-refractivity contribution is 0.151. The topological polar surface area (TPSA) is 32.3 Å². The Hall–Kier alpha value is -0.860. The van der Waals surface area contributed by atoms with Gasteiger partial charge in [-0.25, -0.2) is 0 Å². The maximum Gasteiger partial charge on any atom is 0.131 e. The van der Waals surface area contributed by atoms with Crippen molar-refractivity contribution in [3.63, 3.8) is 0 Å². The molecule has 2 heteroatoms. The molecule has 1 atom stereocenters. The fourth-order valence-electron chi connectivity index (χ4n) is 1.28. The zero-order valence-corrected chi connectivity index (χ0v) is 5.54. The molecule has 1 aromatic rings. The predicted molar refractivity (Wildman–Crippen MR) is 38.2 cm³/mol. The molecule has 0 saturated carbocycles. The van der Waals surface area contributed by atoms with E-state index < -0.39 is 6.23 Å². The van der Waals surface area contributed by atoms with E-state index >= 15 is 0 Å². The average Bonchev–Trinajstić information content (AvgIpc) is 2.34. The van der Waals surface area contributed by atoms with Crippen LogP contribution in [0.15, 0.2) is 24.3 Å². The maximum atomic E-state index is 9.27. The number of aliphatic hydroxyl groups excluding tert-OH is 1. The van der Waals surface area contributed by atoms with Crippen molar-refractivity contribution >= 4 is 0 Å². The summed E-state index contributed by atoms with van der Waals surface area (Å²) in [4.78, 5) is 0. The fourth-order valence-corrected chi connectivity index (χ4v) is 1.28. The molecule has 0 spiro atoms. The third kappa shape index (κ3) is 0.735. The van der Waals surface area contributed by atoms with Crippen LogP contribution < -0.4 is 5.32 Å². The van der Waals surface area contributed by atoms with Gasteiger partial charge in [-0.05, 0) is 11.1 Å². The van der Waals surface area contributed by atoms with Gasteiger partial charge in [0.25, 0.3) is 0 Å². The van der Waals surface area contributed by atoms with Crippen LogP contribution in [0.4, 0.5) is 0 Å². The van der Waals surface area contributed by atoms with Gasteiger partial charge in [-0.2, -0.15) is 0 Å². The number of hydrogen-bond acceptors (Lipinski definition) is 2. The Morgan fingerprint density at radius 3 is 3.00 bits per heavy atom. The fraction of sp³-hybridized carbons (Fsp3) is 0.250. The van der Waals surface area contributed by atoms with Crippen molar-refractivity contribution < 1.29 is 5.11 Å². The summed E-state index contributed by atoms with van der Waals surface area (Å²) < 4.78 is 0. The molecule has 0 saturated heterocycles. The van der Waals surface area contributed by atoms with Crippen LogP contribution in [0.3, 0.4) is 0 Å². The van der Waals surface area contributed by atoms with E-state index in [1.54, 1.807) is 0 Å². The maximum absolute atomic E-state index is 9.27. The molecule has 0 amide bonds. The van der Waals surface area contributed by atoms with Crippen LogP contribution in [-0.2, 0) is 6.54 Å². The SMILES string of the molecule is O[C@@H]1NCc2ccccc21. The molecular weight excluding hydrogens is 126 g/mol. The minimum atomic E-state index is -0.448. The monoisotopic (exact) mass is 135 g/mol. The molecule has 2 N–H and O–H groups in total. The molecule has 0 radical (unpaired) electrons. The largest absolute Gasteiger partial charge is 0.374 e. The minimum absolute atomic E-state index is 0.448. The Kier molecular flexibility index (Phi) is 1.22. The lowest BCUT2D eigenvalue weighted by Crippen LogP contribution is -2.09. The molecule has 1 aromatic carbocycles. The summed E-state index contributed by atoms with van der Waals surface area (Å²) >= 11 is 0. The first kappa shape index (κ1) is 5.89. The van der Waals surface area contributed by atoms with Gasteiger partial charge in [0.15, 0.2) is 0 Å². The van der Waals surface area contributed by atoms with Crippen molar-refractivity contribution in [1.82, 2.24) is 5.32 Å². The van der Waals surface area contributed by atoms with Crippen LogP contribution in [0.2, 0.25) is 0 Å². The van der Waals surface area contributed by atoms with Gasteiger partial charge in [-0.3, -0.25) is 5.32 Å². The third-order valence-electron chi connectivity index (χ3n) is 1.84. The van der Waals surface area contributed by atoms with Gasteiger partial charge in [0.2, 0.25) is 0 Å². The minimum Gasteiger partial charge on any atom is -0.374 e. The number of hydrogen-bond donors (Lipinski definition) is 2. The molecule has 1 aliphatic heterocycles. The second kappa shape index (κ2) is 2.08. The summed E-state index contributed by atoms with van der Waals surface area (Å²) in [5.41, 5.74) is 2.22. The standard InChI is InChI=1S/C8H9NO/c10-8-7-4-2-1-3-6(7)5-9-8/h1-4,8-10H,5H2/t8-/m0/s1. The highest BCUT2D eigenvalue weighted by Gasteiger charge is 2.17. The lowest BCUT2D eigenvalue weighted by atomic mass is 10.1. The van der Waals surface area contributed by atoms with Crippen LogP contribution in [-0.4, -0.2) is 5.11 Å². The quantitative estimate of drug-likeness (QED) is 0.551. The second-order valence-electron chi connectivity index (χ2n) is 2.48.